The van der Waals surface area contributed by atoms with E-state index in [-0.39, 0.29) is 29.6 Å². The van der Waals surface area contributed by atoms with E-state index in [1.54, 1.807) is 0 Å². The number of carbonyl (C=O) groups excluding carboxylic acids is 1. The summed E-state index contributed by atoms with van der Waals surface area (Å²) in [5, 5.41) is 8.19. The molecule has 4 heteroatoms. The van der Waals surface area contributed by atoms with Crippen molar-refractivity contribution in [3.8, 4) is 0 Å². The third kappa shape index (κ3) is 11.5. The van der Waals surface area contributed by atoms with Crippen molar-refractivity contribution in [1.29, 1.82) is 0 Å². The summed E-state index contributed by atoms with van der Waals surface area (Å²) in [5.74, 6) is -0.293. The minimum absolute atomic E-state index is 0. The minimum atomic E-state index is -0.293. The van der Waals surface area contributed by atoms with Crippen LogP contribution >= 0.6 is 0 Å². The molecule has 0 aromatic heterocycles. The van der Waals surface area contributed by atoms with Gasteiger partial charge in [-0.25, -0.2) is 0 Å². The number of rotatable bonds is 3. The minimum Gasteiger partial charge on any atom is -0.466 e. The predicted octanol–water partition coefficient (Wildman–Crippen LogP) is -0.0706. The van der Waals surface area contributed by atoms with Crippen molar-refractivity contribution < 1.29 is 31.7 Å². The summed E-state index contributed by atoms with van der Waals surface area (Å²) in [6, 6.07) is 0. The van der Waals surface area contributed by atoms with Gasteiger partial charge in [0.25, 0.3) is 0 Å². The molecule has 59 valence electrons. The number of carbonyl (C=O) groups is 1. The van der Waals surface area contributed by atoms with Crippen LogP contribution in [0.15, 0.2) is 0 Å². The van der Waals surface area contributed by atoms with E-state index in [1.807, 2.05) is 0 Å². The van der Waals surface area contributed by atoms with Crippen LogP contribution in [0, 0.1) is 0 Å². The largest absolute Gasteiger partial charge is 0.466 e. The van der Waals surface area contributed by atoms with Crippen LogP contribution in [0.25, 0.3) is 0 Å². The predicted molar refractivity (Wildman–Crippen MR) is 28.3 cm³/mol. The van der Waals surface area contributed by atoms with Crippen LogP contribution < -0.4 is 0 Å². The summed E-state index contributed by atoms with van der Waals surface area (Å²) in [7, 11) is 0. The van der Waals surface area contributed by atoms with Gasteiger partial charge >= 0.3 is 5.97 Å². The summed E-state index contributed by atoms with van der Waals surface area (Å²) in [6.45, 7) is 1.75. The summed E-state index contributed by atoms with van der Waals surface area (Å²) >= 11 is 0. The first-order chi connectivity index (χ1) is 3.77. The Balaban J connectivity index is 0. The number of esters is 1. The Morgan fingerprint density at radius 1 is 1.67 bits per heavy atom. The molecule has 0 rings (SSSR count). The van der Waals surface area contributed by atoms with E-state index in [1.165, 1.54) is 6.92 Å². The van der Waals surface area contributed by atoms with Gasteiger partial charge in [0.2, 0.25) is 0 Å². The Morgan fingerprint density at radius 2 is 2.22 bits per heavy atom. The SMILES string of the molecule is CC(=O)OCCCO.[Cu]. The molecule has 0 aliphatic rings. The van der Waals surface area contributed by atoms with E-state index >= 15 is 0 Å². The van der Waals surface area contributed by atoms with Gasteiger partial charge in [-0.05, 0) is 0 Å². The van der Waals surface area contributed by atoms with Crippen molar-refractivity contribution in [1.82, 2.24) is 0 Å². The van der Waals surface area contributed by atoms with Gasteiger partial charge in [-0.15, -0.1) is 0 Å². The van der Waals surface area contributed by atoms with Crippen molar-refractivity contribution in [2.75, 3.05) is 13.2 Å². The first-order valence-electron chi connectivity index (χ1n) is 2.51. The maximum atomic E-state index is 10.0. The van der Waals surface area contributed by atoms with Crippen LogP contribution in [-0.2, 0) is 26.6 Å². The van der Waals surface area contributed by atoms with E-state index in [0.717, 1.165) is 0 Å². The second-order valence-electron chi connectivity index (χ2n) is 1.42. The number of aliphatic hydroxyl groups excluding tert-OH is 1. The third-order valence-electron chi connectivity index (χ3n) is 0.608. The van der Waals surface area contributed by atoms with E-state index in [4.69, 9.17) is 5.11 Å². The molecule has 0 saturated heterocycles. The molecule has 0 saturated carbocycles. The summed E-state index contributed by atoms with van der Waals surface area (Å²) < 4.78 is 4.48. The summed E-state index contributed by atoms with van der Waals surface area (Å²) in [5.41, 5.74) is 0. The van der Waals surface area contributed by atoms with Crippen molar-refractivity contribution in [3.05, 3.63) is 0 Å². The fourth-order valence-corrected chi connectivity index (χ4v) is 0.280. The zero-order chi connectivity index (χ0) is 6.41. The van der Waals surface area contributed by atoms with Crippen LogP contribution in [0.1, 0.15) is 13.3 Å². The number of aliphatic hydroxyl groups is 1. The Bertz CT molecular complexity index is 74.6. The Morgan fingerprint density at radius 3 is 2.56 bits per heavy atom. The molecule has 1 radical (unpaired) electrons. The van der Waals surface area contributed by atoms with Gasteiger partial charge in [-0.3, -0.25) is 4.79 Å². The van der Waals surface area contributed by atoms with Crippen LogP contribution in [0.2, 0.25) is 0 Å². The molecule has 3 nitrogen and oxygen atoms in total. The maximum absolute atomic E-state index is 10.0. The van der Waals surface area contributed by atoms with Gasteiger partial charge in [0.15, 0.2) is 0 Å². The molecule has 0 bridgehead atoms. The summed E-state index contributed by atoms with van der Waals surface area (Å²) in [4.78, 5) is 10.0. The van der Waals surface area contributed by atoms with Crippen LogP contribution in [-0.4, -0.2) is 24.3 Å². The van der Waals surface area contributed by atoms with Gasteiger partial charge in [0.05, 0.1) is 6.61 Å². The first-order valence-corrected chi connectivity index (χ1v) is 2.51. The van der Waals surface area contributed by atoms with Crippen LogP contribution in [0.3, 0.4) is 0 Å². The molecule has 0 unspecified atom stereocenters. The molecule has 0 amide bonds. The number of ether oxygens (including phenoxy) is 1. The van der Waals surface area contributed by atoms with E-state index in [9.17, 15) is 4.79 Å². The second kappa shape index (κ2) is 7.95. The van der Waals surface area contributed by atoms with Gasteiger partial charge in [-0.1, -0.05) is 0 Å². The third-order valence-corrected chi connectivity index (χ3v) is 0.608. The van der Waals surface area contributed by atoms with Gasteiger partial charge in [0.1, 0.15) is 0 Å². The molecular formula is C5H10CuO3. The molecule has 9 heavy (non-hydrogen) atoms. The molecule has 0 aliphatic heterocycles. The smallest absolute Gasteiger partial charge is 0.302 e. The van der Waals surface area contributed by atoms with Crippen molar-refractivity contribution in [2.45, 2.75) is 13.3 Å². The average Bonchev–Trinajstić information content (AvgIpc) is 1.66. The Kier molecular flexibility index (Phi) is 10.3. The molecular weight excluding hydrogens is 172 g/mol. The molecule has 0 heterocycles. The van der Waals surface area contributed by atoms with Crippen molar-refractivity contribution >= 4 is 5.97 Å². The van der Waals surface area contributed by atoms with Gasteiger partial charge < -0.3 is 9.84 Å². The van der Waals surface area contributed by atoms with Crippen LogP contribution in [0.4, 0.5) is 0 Å². The Hall–Kier alpha value is -0.0505. The molecule has 0 aromatic carbocycles. The van der Waals surface area contributed by atoms with E-state index in [2.05, 4.69) is 4.74 Å². The maximum Gasteiger partial charge on any atom is 0.302 e. The first kappa shape index (κ1) is 11.7. The topological polar surface area (TPSA) is 46.5 Å². The second-order valence-corrected chi connectivity index (χ2v) is 1.42. The molecule has 0 spiro atoms. The molecule has 0 atom stereocenters. The quantitative estimate of drug-likeness (QED) is 0.377. The van der Waals surface area contributed by atoms with Crippen LogP contribution in [0.5, 0.6) is 0 Å². The van der Waals surface area contributed by atoms with Crippen molar-refractivity contribution in [3.63, 3.8) is 0 Å². The monoisotopic (exact) mass is 181 g/mol. The molecule has 0 aliphatic carbocycles. The van der Waals surface area contributed by atoms with Crippen molar-refractivity contribution in [2.24, 2.45) is 0 Å². The number of hydrogen-bond acceptors (Lipinski definition) is 3. The summed E-state index contributed by atoms with van der Waals surface area (Å²) in [6.07, 6.45) is 0.527. The zero-order valence-corrected chi connectivity index (χ0v) is 6.13. The number of hydrogen-bond donors (Lipinski definition) is 1. The molecule has 1 N–H and O–H groups in total. The fourth-order valence-electron chi connectivity index (χ4n) is 0.280. The average molecular weight is 182 g/mol. The van der Waals surface area contributed by atoms with Gasteiger partial charge in [-0.2, -0.15) is 0 Å². The Labute approximate surface area is 64.9 Å². The fraction of sp³-hybridized carbons (Fsp3) is 0.800. The van der Waals surface area contributed by atoms with E-state index < -0.39 is 0 Å². The zero-order valence-electron chi connectivity index (χ0n) is 5.19. The standard InChI is InChI=1S/C5H10O3.Cu/c1-5(7)8-4-2-3-6;/h6H,2-4H2,1H3;. The van der Waals surface area contributed by atoms with E-state index in [0.29, 0.717) is 13.0 Å². The normalized spacial score (nSPS) is 7.78. The molecule has 0 fully saturated rings. The van der Waals surface area contributed by atoms with Gasteiger partial charge in [0, 0.05) is 37.0 Å². The molecule has 0 aromatic rings.